The number of hydrogen-bond acceptors (Lipinski definition) is 4. The van der Waals surface area contributed by atoms with Crippen LogP contribution in [-0.2, 0) is 24.4 Å². The second kappa shape index (κ2) is 9.84. The molecule has 2 aromatic carbocycles. The number of benzene rings is 2. The monoisotopic (exact) mass is 466 g/mol. The molecule has 168 valence electrons. The topological polar surface area (TPSA) is 96.3 Å². The van der Waals surface area contributed by atoms with Gasteiger partial charge in [-0.15, -0.1) is 0 Å². The van der Waals surface area contributed by atoms with E-state index < -0.39 is 12.1 Å². The highest BCUT2D eigenvalue weighted by atomic mass is 35.5. The minimum atomic E-state index is -5.08. The van der Waals surface area contributed by atoms with Crippen LogP contribution in [0.2, 0.25) is 5.02 Å². The second-order valence-corrected chi connectivity index (χ2v) is 7.18. The van der Waals surface area contributed by atoms with Crippen LogP contribution in [0.3, 0.4) is 0 Å². The number of aromatic nitrogens is 2. The molecule has 0 spiro atoms. The number of carbonyl (C=O) groups excluding carboxylic acids is 1. The number of hydrogen-bond donors (Lipinski definition) is 3. The number of carboxylic acid groups (broad SMARTS) is 1. The Bertz CT molecular complexity index is 1130. The molecule has 1 amide bonds. The van der Waals surface area contributed by atoms with Gasteiger partial charge in [0.05, 0.1) is 22.9 Å². The van der Waals surface area contributed by atoms with Gasteiger partial charge in [-0.05, 0) is 41.5 Å². The number of halogens is 4. The minimum absolute atomic E-state index is 0.0954. The van der Waals surface area contributed by atoms with E-state index in [0.717, 1.165) is 24.5 Å². The number of fused-ring (bicyclic) bond motifs is 1. The third-order valence-electron chi connectivity index (χ3n) is 4.52. The lowest BCUT2D eigenvalue weighted by Crippen LogP contribution is -2.23. The lowest BCUT2D eigenvalue weighted by Gasteiger charge is -2.06. The highest BCUT2D eigenvalue weighted by molar-refractivity contribution is 6.32. The number of nitrogens with one attached hydrogen (secondary N) is 2. The minimum Gasteiger partial charge on any atom is -0.475 e. The number of carboxylic acids is 1. The number of nitrogens with zero attached hydrogens (tertiary/aromatic N) is 2. The average molecular weight is 467 g/mol. The molecular weight excluding hydrogens is 449 g/mol. The summed E-state index contributed by atoms with van der Waals surface area (Å²) in [5.41, 5.74) is 4.71. The van der Waals surface area contributed by atoms with Crippen LogP contribution in [0.5, 0.6) is 0 Å². The third kappa shape index (κ3) is 5.86. The number of para-hydroxylation sites is 1. The van der Waals surface area contributed by atoms with Crippen LogP contribution >= 0.6 is 11.6 Å². The first kappa shape index (κ1) is 23.3. The zero-order valence-electron chi connectivity index (χ0n) is 16.5. The van der Waals surface area contributed by atoms with Crippen LogP contribution in [-0.4, -0.2) is 32.9 Å². The summed E-state index contributed by atoms with van der Waals surface area (Å²) < 4.78 is 33.4. The van der Waals surface area contributed by atoms with Crippen molar-refractivity contribution in [3.63, 3.8) is 0 Å². The van der Waals surface area contributed by atoms with E-state index in [0.29, 0.717) is 17.1 Å². The normalized spacial score (nSPS) is 12.5. The van der Waals surface area contributed by atoms with Crippen molar-refractivity contribution in [1.82, 2.24) is 20.4 Å². The van der Waals surface area contributed by atoms with E-state index in [2.05, 4.69) is 15.7 Å². The van der Waals surface area contributed by atoms with Crippen molar-refractivity contribution in [1.29, 1.82) is 0 Å². The van der Waals surface area contributed by atoms with E-state index in [1.165, 1.54) is 11.1 Å². The molecule has 2 heterocycles. The smallest absolute Gasteiger partial charge is 0.475 e. The van der Waals surface area contributed by atoms with Gasteiger partial charge in [-0.25, -0.2) is 9.48 Å². The van der Waals surface area contributed by atoms with E-state index in [9.17, 15) is 18.0 Å². The molecule has 0 saturated carbocycles. The summed E-state index contributed by atoms with van der Waals surface area (Å²) in [4.78, 5) is 21.3. The number of alkyl halides is 3. The van der Waals surface area contributed by atoms with Crippen molar-refractivity contribution in [3.8, 4) is 5.69 Å². The SMILES string of the molecule is O=C(NCc1ccn(-c2ccccc2Cl)n1)c1ccc2c(c1)CNC2.O=C(O)C(F)(F)F. The van der Waals surface area contributed by atoms with Crippen molar-refractivity contribution >= 4 is 23.5 Å². The van der Waals surface area contributed by atoms with Gasteiger partial charge in [0.25, 0.3) is 5.91 Å². The quantitative estimate of drug-likeness (QED) is 0.545. The fourth-order valence-electron chi connectivity index (χ4n) is 2.94. The van der Waals surface area contributed by atoms with Crippen molar-refractivity contribution < 1.29 is 27.9 Å². The van der Waals surface area contributed by atoms with Gasteiger partial charge in [-0.2, -0.15) is 18.3 Å². The first-order chi connectivity index (χ1) is 15.1. The first-order valence-corrected chi connectivity index (χ1v) is 9.73. The molecule has 4 rings (SSSR count). The van der Waals surface area contributed by atoms with Crippen molar-refractivity contribution in [3.05, 3.63) is 82.1 Å². The molecule has 0 atom stereocenters. The fourth-order valence-corrected chi connectivity index (χ4v) is 3.16. The van der Waals surface area contributed by atoms with Gasteiger partial charge in [-0.1, -0.05) is 29.8 Å². The molecular formula is C21H18ClF3N4O3. The summed E-state index contributed by atoms with van der Waals surface area (Å²) in [5.74, 6) is -2.85. The van der Waals surface area contributed by atoms with Crippen LogP contribution in [0.25, 0.3) is 5.69 Å². The van der Waals surface area contributed by atoms with Crippen LogP contribution in [0, 0.1) is 0 Å². The van der Waals surface area contributed by atoms with E-state index >= 15 is 0 Å². The van der Waals surface area contributed by atoms with E-state index in [-0.39, 0.29) is 5.91 Å². The Kier molecular flexibility index (Phi) is 7.16. The molecule has 0 saturated heterocycles. The Hall–Kier alpha value is -3.37. The standard InChI is InChI=1S/C19H17ClN4O.C2HF3O2/c20-17-3-1-2-4-18(17)24-8-7-16(23-24)12-22-19(25)13-5-6-14-10-21-11-15(14)9-13;3-2(4,5)1(6)7/h1-9,21H,10-12H2,(H,22,25);(H,6,7). The molecule has 0 fully saturated rings. The predicted molar refractivity (Wildman–Crippen MR) is 110 cm³/mol. The molecule has 0 radical (unpaired) electrons. The van der Waals surface area contributed by atoms with Crippen LogP contribution < -0.4 is 10.6 Å². The Balaban J connectivity index is 0.000000360. The fraction of sp³-hybridized carbons (Fsp3) is 0.190. The van der Waals surface area contributed by atoms with Gasteiger partial charge < -0.3 is 15.7 Å². The lowest BCUT2D eigenvalue weighted by molar-refractivity contribution is -0.192. The van der Waals surface area contributed by atoms with Gasteiger partial charge in [0, 0.05) is 24.8 Å². The summed E-state index contributed by atoms with van der Waals surface area (Å²) in [6.45, 7) is 2.06. The van der Waals surface area contributed by atoms with E-state index in [1.807, 2.05) is 54.7 Å². The Morgan fingerprint density at radius 3 is 2.50 bits per heavy atom. The molecule has 1 aliphatic rings. The van der Waals surface area contributed by atoms with Crippen LogP contribution in [0.4, 0.5) is 13.2 Å². The third-order valence-corrected chi connectivity index (χ3v) is 4.84. The highest BCUT2D eigenvalue weighted by Gasteiger charge is 2.38. The van der Waals surface area contributed by atoms with Crippen LogP contribution in [0.15, 0.2) is 54.7 Å². The van der Waals surface area contributed by atoms with Gasteiger partial charge >= 0.3 is 12.1 Å². The molecule has 3 aromatic rings. The zero-order chi connectivity index (χ0) is 23.3. The first-order valence-electron chi connectivity index (χ1n) is 9.35. The van der Waals surface area contributed by atoms with Gasteiger partial charge in [0.15, 0.2) is 0 Å². The Morgan fingerprint density at radius 2 is 1.81 bits per heavy atom. The van der Waals surface area contributed by atoms with Crippen molar-refractivity contribution in [2.45, 2.75) is 25.8 Å². The van der Waals surface area contributed by atoms with Gasteiger partial charge in [0.2, 0.25) is 0 Å². The molecule has 0 unspecified atom stereocenters. The molecule has 0 aliphatic carbocycles. The van der Waals surface area contributed by atoms with E-state index in [1.54, 1.807) is 4.68 Å². The maximum atomic E-state index is 12.4. The van der Waals surface area contributed by atoms with Gasteiger partial charge in [-0.3, -0.25) is 4.79 Å². The second-order valence-electron chi connectivity index (χ2n) is 6.78. The number of carbonyl (C=O) groups is 2. The summed E-state index contributed by atoms with van der Waals surface area (Å²) in [5, 5.41) is 18.4. The molecule has 1 aliphatic heterocycles. The maximum Gasteiger partial charge on any atom is 0.490 e. The lowest BCUT2D eigenvalue weighted by atomic mass is 10.1. The van der Waals surface area contributed by atoms with Crippen molar-refractivity contribution in [2.75, 3.05) is 0 Å². The number of rotatable bonds is 4. The zero-order valence-corrected chi connectivity index (χ0v) is 17.2. The molecule has 3 N–H and O–H groups in total. The predicted octanol–water partition coefficient (Wildman–Crippen LogP) is 3.69. The summed E-state index contributed by atoms with van der Waals surface area (Å²) in [7, 11) is 0. The molecule has 1 aromatic heterocycles. The van der Waals surface area contributed by atoms with Crippen molar-refractivity contribution in [2.24, 2.45) is 0 Å². The van der Waals surface area contributed by atoms with E-state index in [4.69, 9.17) is 21.5 Å². The van der Waals surface area contributed by atoms with Gasteiger partial charge in [0.1, 0.15) is 0 Å². The highest BCUT2D eigenvalue weighted by Crippen LogP contribution is 2.19. The molecule has 7 nitrogen and oxygen atoms in total. The number of aliphatic carboxylic acids is 1. The Labute approximate surface area is 185 Å². The molecule has 0 bridgehead atoms. The Morgan fingerprint density at radius 1 is 1.12 bits per heavy atom. The number of amides is 1. The summed E-state index contributed by atoms with van der Waals surface area (Å²) in [6, 6.07) is 15.2. The molecule has 11 heteroatoms. The largest absolute Gasteiger partial charge is 0.490 e. The summed E-state index contributed by atoms with van der Waals surface area (Å²) >= 11 is 6.19. The summed E-state index contributed by atoms with van der Waals surface area (Å²) in [6.07, 6.45) is -3.25. The maximum absolute atomic E-state index is 12.4. The van der Waals surface area contributed by atoms with Crippen LogP contribution in [0.1, 0.15) is 27.2 Å². The average Bonchev–Trinajstić information content (AvgIpc) is 3.41. The molecule has 32 heavy (non-hydrogen) atoms.